The Morgan fingerprint density at radius 1 is 1.17 bits per heavy atom. The number of para-hydroxylation sites is 1. The number of rotatable bonds is 4. The van der Waals surface area contributed by atoms with Gasteiger partial charge in [0.25, 0.3) is 5.91 Å². The van der Waals surface area contributed by atoms with Gasteiger partial charge in [-0.05, 0) is 55.5 Å². The highest BCUT2D eigenvalue weighted by Crippen LogP contribution is 2.29. The molecule has 3 heteroatoms. The monoisotopic (exact) mass is 309 g/mol. The molecule has 23 heavy (non-hydrogen) atoms. The van der Waals surface area contributed by atoms with Crippen LogP contribution in [0.25, 0.3) is 0 Å². The van der Waals surface area contributed by atoms with Crippen LogP contribution in [0.15, 0.2) is 42.5 Å². The van der Waals surface area contributed by atoms with E-state index in [1.807, 2.05) is 49.1 Å². The molecule has 0 spiro atoms. The molecule has 1 aliphatic rings. The van der Waals surface area contributed by atoms with Crippen molar-refractivity contribution in [2.45, 2.75) is 39.7 Å². The molecule has 2 aromatic carbocycles. The van der Waals surface area contributed by atoms with Crippen LogP contribution < -0.4 is 9.64 Å². The van der Waals surface area contributed by atoms with Crippen molar-refractivity contribution in [1.82, 2.24) is 0 Å². The molecule has 1 heterocycles. The van der Waals surface area contributed by atoms with E-state index < -0.39 is 6.10 Å². The van der Waals surface area contributed by atoms with Gasteiger partial charge in [-0.3, -0.25) is 4.79 Å². The third kappa shape index (κ3) is 2.96. The fourth-order valence-electron chi connectivity index (χ4n) is 3.05. The number of hydrogen-bond donors (Lipinski definition) is 0. The Bertz CT molecular complexity index is 723. The van der Waals surface area contributed by atoms with Crippen LogP contribution in [0.1, 0.15) is 30.0 Å². The van der Waals surface area contributed by atoms with E-state index in [9.17, 15) is 4.79 Å². The molecule has 0 aliphatic carbocycles. The zero-order chi connectivity index (χ0) is 16.4. The molecular formula is C20H23NO2. The van der Waals surface area contributed by atoms with Crippen molar-refractivity contribution >= 4 is 11.6 Å². The first-order valence-corrected chi connectivity index (χ1v) is 8.24. The number of benzene rings is 2. The summed E-state index contributed by atoms with van der Waals surface area (Å²) in [5.41, 5.74) is 4.54. The van der Waals surface area contributed by atoms with E-state index in [4.69, 9.17) is 4.74 Å². The van der Waals surface area contributed by atoms with Gasteiger partial charge in [-0.2, -0.15) is 0 Å². The largest absolute Gasteiger partial charge is 0.480 e. The smallest absolute Gasteiger partial charge is 0.268 e. The molecule has 0 radical (unpaired) electrons. The average Bonchev–Trinajstić information content (AvgIpc) is 2.99. The number of ether oxygens (including phenoxy) is 1. The second-order valence-electron chi connectivity index (χ2n) is 6.08. The number of anilines is 1. The summed E-state index contributed by atoms with van der Waals surface area (Å²) < 4.78 is 6.07. The van der Waals surface area contributed by atoms with Gasteiger partial charge in [-0.25, -0.2) is 0 Å². The maximum atomic E-state index is 12.9. The Morgan fingerprint density at radius 3 is 2.74 bits per heavy atom. The van der Waals surface area contributed by atoms with Gasteiger partial charge in [0.1, 0.15) is 5.75 Å². The fourth-order valence-corrected chi connectivity index (χ4v) is 3.05. The number of nitrogens with zero attached hydrogens (tertiary/aromatic N) is 1. The van der Waals surface area contributed by atoms with Gasteiger partial charge < -0.3 is 9.64 Å². The molecule has 120 valence electrons. The number of aryl methyl sites for hydroxylation is 1. The molecule has 0 N–H and O–H groups in total. The highest BCUT2D eigenvalue weighted by molar-refractivity contribution is 5.98. The Morgan fingerprint density at radius 2 is 1.96 bits per heavy atom. The lowest BCUT2D eigenvalue weighted by atomic mass is 10.1. The van der Waals surface area contributed by atoms with Crippen molar-refractivity contribution in [2.75, 3.05) is 11.4 Å². The normalized spacial score (nSPS) is 14.5. The second kappa shape index (κ2) is 6.45. The molecule has 1 amide bonds. The summed E-state index contributed by atoms with van der Waals surface area (Å²) >= 11 is 0. The Hall–Kier alpha value is -2.29. The van der Waals surface area contributed by atoms with Gasteiger partial charge >= 0.3 is 0 Å². The van der Waals surface area contributed by atoms with Crippen molar-refractivity contribution in [2.24, 2.45) is 0 Å². The SMILES string of the molecule is CC[C@H](Oc1cccc(C)c1C)C(=O)N1CCc2ccccc21. The molecule has 0 unspecified atom stereocenters. The molecule has 1 atom stereocenters. The van der Waals surface area contributed by atoms with E-state index in [1.54, 1.807) is 0 Å². The quantitative estimate of drug-likeness (QED) is 0.852. The summed E-state index contributed by atoms with van der Waals surface area (Å²) in [6.07, 6.45) is 1.13. The maximum absolute atomic E-state index is 12.9. The summed E-state index contributed by atoms with van der Waals surface area (Å²) in [5.74, 6) is 0.857. The molecule has 0 saturated carbocycles. The predicted octanol–water partition coefficient (Wildman–Crippen LogP) is 4.05. The molecule has 2 aromatic rings. The molecule has 0 saturated heterocycles. The summed E-state index contributed by atoms with van der Waals surface area (Å²) in [7, 11) is 0. The van der Waals surface area contributed by atoms with Gasteiger partial charge in [0.15, 0.2) is 6.10 Å². The van der Waals surface area contributed by atoms with Crippen molar-refractivity contribution in [3.05, 3.63) is 59.2 Å². The molecular weight excluding hydrogens is 286 g/mol. The van der Waals surface area contributed by atoms with E-state index in [-0.39, 0.29) is 5.91 Å². The Kier molecular flexibility index (Phi) is 4.37. The molecule has 3 nitrogen and oxygen atoms in total. The second-order valence-corrected chi connectivity index (χ2v) is 6.08. The number of carbonyl (C=O) groups excluding carboxylic acids is 1. The summed E-state index contributed by atoms with van der Waals surface area (Å²) in [4.78, 5) is 14.8. The minimum Gasteiger partial charge on any atom is -0.480 e. The van der Waals surface area contributed by atoms with Gasteiger partial charge in [-0.1, -0.05) is 37.3 Å². The first kappa shape index (κ1) is 15.6. The van der Waals surface area contributed by atoms with Crippen LogP contribution in [0.3, 0.4) is 0 Å². The van der Waals surface area contributed by atoms with E-state index >= 15 is 0 Å². The molecule has 3 rings (SSSR count). The van der Waals surface area contributed by atoms with Gasteiger partial charge in [0.05, 0.1) is 0 Å². The Balaban J connectivity index is 1.82. The summed E-state index contributed by atoms with van der Waals surface area (Å²) in [6.45, 7) is 6.83. The lowest BCUT2D eigenvalue weighted by molar-refractivity contribution is -0.125. The Labute approximate surface area is 137 Å². The highest BCUT2D eigenvalue weighted by Gasteiger charge is 2.30. The topological polar surface area (TPSA) is 29.5 Å². The van der Waals surface area contributed by atoms with Crippen LogP contribution in [0, 0.1) is 13.8 Å². The van der Waals surface area contributed by atoms with Crippen LogP contribution in [-0.2, 0) is 11.2 Å². The standard InChI is InChI=1S/C20H23NO2/c1-4-18(23-19-11-7-8-14(2)15(19)3)20(22)21-13-12-16-9-5-6-10-17(16)21/h5-11,18H,4,12-13H2,1-3H3/t18-/m0/s1. The zero-order valence-electron chi connectivity index (χ0n) is 14.0. The number of carbonyl (C=O) groups is 1. The number of fused-ring (bicyclic) bond motifs is 1. The van der Waals surface area contributed by atoms with E-state index in [0.717, 1.165) is 30.0 Å². The van der Waals surface area contributed by atoms with Crippen LogP contribution in [0.2, 0.25) is 0 Å². The first-order valence-electron chi connectivity index (χ1n) is 8.24. The van der Waals surface area contributed by atoms with Gasteiger partial charge in [0.2, 0.25) is 0 Å². The highest BCUT2D eigenvalue weighted by atomic mass is 16.5. The van der Waals surface area contributed by atoms with E-state index in [1.165, 1.54) is 11.1 Å². The predicted molar refractivity (Wildman–Crippen MR) is 93.1 cm³/mol. The summed E-state index contributed by atoms with van der Waals surface area (Å²) in [5, 5.41) is 0. The summed E-state index contributed by atoms with van der Waals surface area (Å²) in [6, 6.07) is 14.1. The van der Waals surface area contributed by atoms with Crippen molar-refractivity contribution in [1.29, 1.82) is 0 Å². The minimum atomic E-state index is -0.443. The van der Waals surface area contributed by atoms with Crippen LogP contribution >= 0.6 is 0 Å². The van der Waals surface area contributed by atoms with Crippen molar-refractivity contribution in [3.8, 4) is 5.75 Å². The fraction of sp³-hybridized carbons (Fsp3) is 0.350. The van der Waals surface area contributed by atoms with Gasteiger partial charge in [-0.15, -0.1) is 0 Å². The van der Waals surface area contributed by atoms with Crippen LogP contribution in [0.5, 0.6) is 5.75 Å². The van der Waals surface area contributed by atoms with E-state index in [0.29, 0.717) is 6.42 Å². The zero-order valence-corrected chi connectivity index (χ0v) is 14.0. The maximum Gasteiger partial charge on any atom is 0.268 e. The average molecular weight is 309 g/mol. The number of hydrogen-bond acceptors (Lipinski definition) is 2. The molecule has 0 aromatic heterocycles. The van der Waals surface area contributed by atoms with Crippen molar-refractivity contribution in [3.63, 3.8) is 0 Å². The molecule has 1 aliphatic heterocycles. The lowest BCUT2D eigenvalue weighted by Crippen LogP contribution is -2.41. The van der Waals surface area contributed by atoms with Gasteiger partial charge in [0, 0.05) is 12.2 Å². The van der Waals surface area contributed by atoms with Crippen LogP contribution in [0.4, 0.5) is 5.69 Å². The first-order chi connectivity index (χ1) is 11.1. The lowest BCUT2D eigenvalue weighted by Gasteiger charge is -2.25. The third-order valence-electron chi connectivity index (χ3n) is 4.62. The number of amides is 1. The third-order valence-corrected chi connectivity index (χ3v) is 4.62. The minimum absolute atomic E-state index is 0.0540. The molecule has 0 bridgehead atoms. The van der Waals surface area contributed by atoms with E-state index in [2.05, 4.69) is 19.1 Å². The molecule has 0 fully saturated rings. The van der Waals surface area contributed by atoms with Crippen molar-refractivity contribution < 1.29 is 9.53 Å². The van der Waals surface area contributed by atoms with Crippen LogP contribution in [-0.4, -0.2) is 18.6 Å².